The maximum Gasteiger partial charge on any atom is 0.271 e. The molecule has 0 saturated carbocycles. The van der Waals surface area contributed by atoms with Crippen LogP contribution in [0.25, 0.3) is 20.4 Å². The lowest BCUT2D eigenvalue weighted by Crippen LogP contribution is -2.39. The van der Waals surface area contributed by atoms with Crippen LogP contribution in [-0.2, 0) is 29.1 Å². The molecule has 30 heavy (non-hydrogen) atoms. The lowest BCUT2D eigenvalue weighted by atomic mass is 9.91. The van der Waals surface area contributed by atoms with Crippen LogP contribution in [0.1, 0.15) is 50.8 Å². The van der Waals surface area contributed by atoms with Crippen LogP contribution in [0, 0.1) is 0 Å². The Morgan fingerprint density at radius 3 is 2.87 bits per heavy atom. The van der Waals surface area contributed by atoms with Crippen molar-refractivity contribution in [2.45, 2.75) is 64.7 Å². The minimum absolute atomic E-state index is 0.0105. The number of aromatic nitrogens is 3. The van der Waals surface area contributed by atoms with E-state index in [-0.39, 0.29) is 23.6 Å². The number of fused-ring (bicyclic) bond motifs is 4. The van der Waals surface area contributed by atoms with Gasteiger partial charge in [0.2, 0.25) is 5.91 Å². The number of hydrogen-bond acceptors (Lipinski definition) is 6. The molecule has 0 aliphatic carbocycles. The Balaban J connectivity index is 1.51. The number of hydrogen-bond donors (Lipinski definition) is 0. The van der Waals surface area contributed by atoms with Gasteiger partial charge in [-0.15, -0.1) is 11.3 Å². The number of likely N-dealkylation sites (tertiary alicyclic amines) is 1. The zero-order valence-corrected chi connectivity index (χ0v) is 18.3. The third-order valence-corrected chi connectivity index (χ3v) is 7.56. The number of amides is 1. The maximum absolute atomic E-state index is 13.1. The zero-order chi connectivity index (χ0) is 20.9. The van der Waals surface area contributed by atoms with Crippen LogP contribution in [0.3, 0.4) is 0 Å². The molecule has 158 valence electrons. The van der Waals surface area contributed by atoms with Gasteiger partial charge in [-0.1, -0.05) is 6.92 Å². The second-order valence-electron chi connectivity index (χ2n) is 8.61. The van der Waals surface area contributed by atoms with Crippen molar-refractivity contribution in [1.82, 2.24) is 19.4 Å². The smallest absolute Gasteiger partial charge is 0.271 e. The first-order chi connectivity index (χ1) is 14.5. The van der Waals surface area contributed by atoms with Crippen molar-refractivity contribution in [1.29, 1.82) is 0 Å². The molecule has 5 heterocycles. The van der Waals surface area contributed by atoms with Crippen LogP contribution in [0.15, 0.2) is 17.2 Å². The number of carbonyl (C=O) groups is 1. The summed E-state index contributed by atoms with van der Waals surface area (Å²) in [5, 5.41) is 0.893. The molecule has 0 spiro atoms. The topological polar surface area (TPSA) is 77.3 Å². The molecule has 0 aromatic carbocycles. The summed E-state index contributed by atoms with van der Waals surface area (Å²) in [5.41, 5.74) is 2.43. The highest BCUT2D eigenvalue weighted by Gasteiger charge is 2.31. The summed E-state index contributed by atoms with van der Waals surface area (Å²) in [5.74, 6) is -0.0105. The van der Waals surface area contributed by atoms with E-state index in [2.05, 4.69) is 24.9 Å². The second kappa shape index (κ2) is 7.42. The van der Waals surface area contributed by atoms with Gasteiger partial charge in [-0.05, 0) is 38.7 Å². The molecular weight excluding hydrogens is 400 g/mol. The van der Waals surface area contributed by atoms with E-state index < -0.39 is 0 Å². The minimum Gasteiger partial charge on any atom is -0.370 e. The van der Waals surface area contributed by atoms with E-state index in [1.165, 1.54) is 28.7 Å². The highest BCUT2D eigenvalue weighted by atomic mass is 32.1. The quantitative estimate of drug-likeness (QED) is 0.642. The standard InChI is InChI=1S/C22H26N4O3S/c1-3-22(2)10-16-14(12-29-22)9-15-18-19(30-20(15)24-16)21(28)26(13-23-18)11-17(27)25-7-5-4-6-8-25/h9,13H,3-8,10-12H2,1-2H3. The van der Waals surface area contributed by atoms with Gasteiger partial charge in [-0.3, -0.25) is 14.2 Å². The Morgan fingerprint density at radius 2 is 2.10 bits per heavy atom. The summed E-state index contributed by atoms with van der Waals surface area (Å²) in [6.45, 7) is 6.37. The van der Waals surface area contributed by atoms with E-state index in [0.29, 0.717) is 16.8 Å². The van der Waals surface area contributed by atoms with Gasteiger partial charge >= 0.3 is 0 Å². The van der Waals surface area contributed by atoms with E-state index in [1.54, 1.807) is 0 Å². The van der Waals surface area contributed by atoms with Gasteiger partial charge in [0.05, 0.1) is 29.7 Å². The molecule has 0 radical (unpaired) electrons. The molecule has 2 aliphatic rings. The molecule has 1 unspecified atom stereocenters. The van der Waals surface area contributed by atoms with Crippen LogP contribution in [0.4, 0.5) is 0 Å². The minimum atomic E-state index is -0.190. The fourth-order valence-corrected chi connectivity index (χ4v) is 5.41. The largest absolute Gasteiger partial charge is 0.370 e. The average molecular weight is 427 g/mol. The second-order valence-corrected chi connectivity index (χ2v) is 9.61. The molecule has 8 heteroatoms. The van der Waals surface area contributed by atoms with Gasteiger partial charge in [0.1, 0.15) is 16.1 Å². The lowest BCUT2D eigenvalue weighted by molar-refractivity contribution is -0.132. The van der Waals surface area contributed by atoms with E-state index in [1.807, 2.05) is 4.90 Å². The number of ether oxygens (including phenoxy) is 1. The Bertz CT molecular complexity index is 1190. The van der Waals surface area contributed by atoms with Crippen molar-refractivity contribution in [3.63, 3.8) is 0 Å². The van der Waals surface area contributed by atoms with Crippen molar-refractivity contribution in [2.75, 3.05) is 13.1 Å². The number of rotatable bonds is 3. The third-order valence-electron chi connectivity index (χ3n) is 6.49. The van der Waals surface area contributed by atoms with Gasteiger partial charge < -0.3 is 9.64 Å². The highest BCUT2D eigenvalue weighted by Crippen LogP contribution is 2.35. The summed E-state index contributed by atoms with van der Waals surface area (Å²) >= 11 is 1.37. The molecular formula is C22H26N4O3S. The van der Waals surface area contributed by atoms with Crippen molar-refractivity contribution < 1.29 is 9.53 Å². The summed E-state index contributed by atoms with van der Waals surface area (Å²) < 4.78 is 8.06. The molecule has 2 aliphatic heterocycles. The van der Waals surface area contributed by atoms with Crippen LogP contribution in [0.5, 0.6) is 0 Å². The normalized spacial score (nSPS) is 21.9. The lowest BCUT2D eigenvalue weighted by Gasteiger charge is -2.33. The zero-order valence-electron chi connectivity index (χ0n) is 17.4. The van der Waals surface area contributed by atoms with Crippen molar-refractivity contribution in [3.8, 4) is 0 Å². The molecule has 0 bridgehead atoms. The van der Waals surface area contributed by atoms with E-state index in [4.69, 9.17) is 9.72 Å². The highest BCUT2D eigenvalue weighted by molar-refractivity contribution is 7.25. The van der Waals surface area contributed by atoms with Crippen molar-refractivity contribution >= 4 is 37.7 Å². The maximum atomic E-state index is 13.1. The SMILES string of the molecule is CCC1(C)Cc2nc3sc4c(=O)n(CC(=O)N5CCCCC5)cnc4c3cc2CO1. The Morgan fingerprint density at radius 1 is 1.30 bits per heavy atom. The van der Waals surface area contributed by atoms with Crippen LogP contribution >= 0.6 is 11.3 Å². The molecule has 3 aromatic rings. The molecule has 7 nitrogen and oxygen atoms in total. The predicted octanol–water partition coefficient (Wildman–Crippen LogP) is 3.26. The van der Waals surface area contributed by atoms with Gasteiger partial charge in [-0.2, -0.15) is 0 Å². The Labute approximate surface area is 178 Å². The summed E-state index contributed by atoms with van der Waals surface area (Å²) in [6.07, 6.45) is 6.43. The number of pyridine rings is 1. The molecule has 1 atom stereocenters. The fraction of sp³-hybridized carbons (Fsp3) is 0.545. The predicted molar refractivity (Wildman–Crippen MR) is 117 cm³/mol. The Hall–Kier alpha value is -2.32. The van der Waals surface area contributed by atoms with E-state index in [9.17, 15) is 9.59 Å². The molecule has 0 N–H and O–H groups in total. The first-order valence-electron chi connectivity index (χ1n) is 10.7. The van der Waals surface area contributed by atoms with Gasteiger partial charge in [0.25, 0.3) is 5.56 Å². The monoisotopic (exact) mass is 426 g/mol. The van der Waals surface area contributed by atoms with Gasteiger partial charge in [-0.25, -0.2) is 9.97 Å². The summed E-state index contributed by atoms with van der Waals surface area (Å²) in [4.78, 5) is 37.8. The molecule has 1 saturated heterocycles. The van der Waals surface area contributed by atoms with Crippen LogP contribution in [0.2, 0.25) is 0 Å². The van der Waals surface area contributed by atoms with Crippen molar-refractivity contribution in [2.24, 2.45) is 0 Å². The molecule has 5 rings (SSSR count). The average Bonchev–Trinajstić information content (AvgIpc) is 3.13. The van der Waals surface area contributed by atoms with Crippen LogP contribution < -0.4 is 5.56 Å². The van der Waals surface area contributed by atoms with Gasteiger partial charge in [0.15, 0.2) is 0 Å². The molecule has 3 aromatic heterocycles. The van der Waals surface area contributed by atoms with Crippen LogP contribution in [-0.4, -0.2) is 44.0 Å². The van der Waals surface area contributed by atoms with E-state index >= 15 is 0 Å². The number of thiophene rings is 1. The fourth-order valence-electron chi connectivity index (χ4n) is 4.34. The third kappa shape index (κ3) is 3.32. The Kier molecular flexibility index (Phi) is 4.86. The number of piperidine rings is 1. The summed E-state index contributed by atoms with van der Waals surface area (Å²) in [6, 6.07) is 2.07. The summed E-state index contributed by atoms with van der Waals surface area (Å²) in [7, 11) is 0. The van der Waals surface area contributed by atoms with Gasteiger partial charge in [0, 0.05) is 30.5 Å². The first kappa shape index (κ1) is 19.6. The first-order valence-corrected chi connectivity index (χ1v) is 11.5. The molecule has 1 fully saturated rings. The van der Waals surface area contributed by atoms with E-state index in [0.717, 1.165) is 60.2 Å². The number of carbonyl (C=O) groups excluding carboxylic acids is 1. The molecule has 1 amide bonds. The number of nitrogens with zero attached hydrogens (tertiary/aromatic N) is 4. The van der Waals surface area contributed by atoms with Crippen molar-refractivity contribution in [3.05, 3.63) is 34.0 Å².